The van der Waals surface area contributed by atoms with Crippen LogP contribution in [0.25, 0.3) is 11.3 Å². The Morgan fingerprint density at radius 2 is 1.71 bits per heavy atom. The number of nitrogens with two attached hydrogens (primary N) is 1. The van der Waals surface area contributed by atoms with Gasteiger partial charge in [-0.3, -0.25) is 0 Å². The maximum absolute atomic E-state index is 13.1. The molecule has 2 N–H and O–H groups in total. The van der Waals surface area contributed by atoms with E-state index in [1.165, 1.54) is 17.7 Å². The van der Waals surface area contributed by atoms with Crippen LogP contribution in [0.5, 0.6) is 0 Å². The van der Waals surface area contributed by atoms with Gasteiger partial charge >= 0.3 is 0 Å². The number of hydrogen-bond donors (Lipinski definition) is 1. The zero-order valence-electron chi connectivity index (χ0n) is 11.4. The van der Waals surface area contributed by atoms with E-state index < -0.39 is 0 Å². The zero-order valence-corrected chi connectivity index (χ0v) is 12.2. The summed E-state index contributed by atoms with van der Waals surface area (Å²) in [6.07, 6.45) is 0.811. The van der Waals surface area contributed by atoms with Gasteiger partial charge in [0, 0.05) is 23.4 Å². The molecule has 3 aromatic rings. The SMILES string of the molecule is NCc1nc(-c2ccc(F)cc2)c(Cc2ccccc2)s1. The topological polar surface area (TPSA) is 38.9 Å². The standard InChI is InChI=1S/C17H15FN2S/c18-14-8-6-13(7-9-14)17-15(21-16(11-19)20-17)10-12-4-2-1-3-5-12/h1-9H,10-11,19H2. The molecule has 0 aliphatic carbocycles. The van der Waals surface area contributed by atoms with E-state index in [1.54, 1.807) is 23.5 Å². The van der Waals surface area contributed by atoms with E-state index in [-0.39, 0.29) is 5.82 Å². The summed E-state index contributed by atoms with van der Waals surface area (Å²) in [6.45, 7) is 0.424. The Morgan fingerprint density at radius 1 is 1.00 bits per heavy atom. The first-order valence-corrected chi connectivity index (χ1v) is 7.56. The minimum Gasteiger partial charge on any atom is -0.325 e. The average Bonchev–Trinajstić information content (AvgIpc) is 2.92. The fourth-order valence-corrected chi connectivity index (χ4v) is 3.23. The van der Waals surface area contributed by atoms with Crippen LogP contribution in [-0.4, -0.2) is 4.98 Å². The van der Waals surface area contributed by atoms with Crippen molar-refractivity contribution in [2.75, 3.05) is 0 Å². The van der Waals surface area contributed by atoms with Crippen LogP contribution in [0.3, 0.4) is 0 Å². The highest BCUT2D eigenvalue weighted by molar-refractivity contribution is 7.12. The molecule has 0 saturated heterocycles. The molecule has 1 heterocycles. The van der Waals surface area contributed by atoms with Gasteiger partial charge in [0.25, 0.3) is 0 Å². The molecule has 2 nitrogen and oxygen atoms in total. The van der Waals surface area contributed by atoms with Gasteiger partial charge < -0.3 is 5.73 Å². The summed E-state index contributed by atoms with van der Waals surface area (Å²) in [5.41, 5.74) is 8.78. The van der Waals surface area contributed by atoms with Crippen LogP contribution in [0.15, 0.2) is 54.6 Å². The number of rotatable bonds is 4. The maximum atomic E-state index is 13.1. The number of hydrogen-bond acceptors (Lipinski definition) is 3. The Balaban J connectivity index is 1.99. The monoisotopic (exact) mass is 298 g/mol. The zero-order chi connectivity index (χ0) is 14.7. The second-order valence-corrected chi connectivity index (χ2v) is 5.92. The largest absolute Gasteiger partial charge is 0.325 e. The highest BCUT2D eigenvalue weighted by atomic mass is 32.1. The van der Waals surface area contributed by atoms with Gasteiger partial charge in [0.2, 0.25) is 0 Å². The van der Waals surface area contributed by atoms with Gasteiger partial charge in [-0.2, -0.15) is 0 Å². The summed E-state index contributed by atoms with van der Waals surface area (Å²) < 4.78 is 13.1. The van der Waals surface area contributed by atoms with Crippen molar-refractivity contribution in [1.29, 1.82) is 0 Å². The lowest BCUT2D eigenvalue weighted by Crippen LogP contribution is -1.94. The van der Waals surface area contributed by atoms with E-state index in [9.17, 15) is 4.39 Å². The van der Waals surface area contributed by atoms with Gasteiger partial charge in [0.1, 0.15) is 10.8 Å². The summed E-state index contributed by atoms with van der Waals surface area (Å²) in [7, 11) is 0. The average molecular weight is 298 g/mol. The number of benzene rings is 2. The summed E-state index contributed by atoms with van der Waals surface area (Å²) >= 11 is 1.62. The maximum Gasteiger partial charge on any atom is 0.123 e. The van der Waals surface area contributed by atoms with Crippen molar-refractivity contribution in [3.05, 3.63) is 75.9 Å². The van der Waals surface area contributed by atoms with Gasteiger partial charge in [-0.1, -0.05) is 30.3 Å². The molecule has 3 rings (SSSR count). The van der Waals surface area contributed by atoms with Crippen molar-refractivity contribution in [3.63, 3.8) is 0 Å². The van der Waals surface area contributed by atoms with E-state index in [4.69, 9.17) is 5.73 Å². The van der Waals surface area contributed by atoms with Gasteiger partial charge in [-0.05, 0) is 29.8 Å². The molecule has 0 spiro atoms. The Bertz CT molecular complexity index is 720. The molecule has 4 heteroatoms. The van der Waals surface area contributed by atoms with Crippen molar-refractivity contribution in [2.45, 2.75) is 13.0 Å². The van der Waals surface area contributed by atoms with E-state index >= 15 is 0 Å². The fraction of sp³-hybridized carbons (Fsp3) is 0.118. The van der Waals surface area contributed by atoms with Crippen molar-refractivity contribution in [3.8, 4) is 11.3 Å². The molecule has 0 fully saturated rings. The molecule has 0 radical (unpaired) electrons. The molecule has 0 bridgehead atoms. The third-order valence-corrected chi connectivity index (χ3v) is 4.32. The Kier molecular flexibility index (Phi) is 4.08. The van der Waals surface area contributed by atoms with E-state index in [2.05, 4.69) is 17.1 Å². The minimum atomic E-state index is -0.238. The van der Waals surface area contributed by atoms with Crippen molar-refractivity contribution in [2.24, 2.45) is 5.73 Å². The molecule has 106 valence electrons. The minimum absolute atomic E-state index is 0.238. The van der Waals surface area contributed by atoms with Crippen LogP contribution >= 0.6 is 11.3 Å². The van der Waals surface area contributed by atoms with Crippen molar-refractivity contribution < 1.29 is 4.39 Å². The molecule has 0 aliphatic heterocycles. The smallest absolute Gasteiger partial charge is 0.123 e. The lowest BCUT2D eigenvalue weighted by molar-refractivity contribution is 0.628. The van der Waals surface area contributed by atoms with Crippen LogP contribution in [0, 0.1) is 5.82 Å². The predicted octanol–water partition coefficient (Wildman–Crippen LogP) is 4.00. The van der Waals surface area contributed by atoms with Crippen molar-refractivity contribution in [1.82, 2.24) is 4.98 Å². The highest BCUT2D eigenvalue weighted by Crippen LogP contribution is 2.30. The van der Waals surface area contributed by atoms with E-state index in [1.807, 2.05) is 18.2 Å². The highest BCUT2D eigenvalue weighted by Gasteiger charge is 2.13. The quantitative estimate of drug-likeness (QED) is 0.790. The molecule has 21 heavy (non-hydrogen) atoms. The van der Waals surface area contributed by atoms with Crippen molar-refractivity contribution >= 4 is 11.3 Å². The molecule has 0 aliphatic rings. The first-order chi connectivity index (χ1) is 10.3. The third-order valence-electron chi connectivity index (χ3n) is 3.24. The second-order valence-electron chi connectivity index (χ2n) is 4.75. The van der Waals surface area contributed by atoms with Gasteiger partial charge in [0.05, 0.1) is 5.69 Å². The first-order valence-electron chi connectivity index (χ1n) is 6.75. The Morgan fingerprint density at radius 3 is 2.38 bits per heavy atom. The number of aromatic nitrogens is 1. The van der Waals surface area contributed by atoms with Crippen LogP contribution in [0.4, 0.5) is 4.39 Å². The summed E-state index contributed by atoms with van der Waals surface area (Å²) in [5.74, 6) is -0.238. The Labute approximate surface area is 127 Å². The summed E-state index contributed by atoms with van der Waals surface area (Å²) in [5, 5.41) is 0.903. The Hall–Kier alpha value is -2.04. The van der Waals surface area contributed by atoms with Crippen LogP contribution < -0.4 is 5.73 Å². The van der Waals surface area contributed by atoms with E-state index in [0.717, 1.165) is 27.6 Å². The summed E-state index contributed by atoms with van der Waals surface area (Å²) in [4.78, 5) is 5.76. The molecule has 0 saturated carbocycles. The molecular weight excluding hydrogens is 283 g/mol. The first kappa shape index (κ1) is 13.9. The van der Waals surface area contributed by atoms with Gasteiger partial charge in [0.15, 0.2) is 0 Å². The molecule has 0 amide bonds. The second kappa shape index (κ2) is 6.16. The van der Waals surface area contributed by atoms with Crippen LogP contribution in [-0.2, 0) is 13.0 Å². The lowest BCUT2D eigenvalue weighted by atomic mass is 10.1. The predicted molar refractivity (Wildman–Crippen MR) is 84.6 cm³/mol. The lowest BCUT2D eigenvalue weighted by Gasteiger charge is -2.03. The molecule has 0 atom stereocenters. The fourth-order valence-electron chi connectivity index (χ4n) is 2.22. The number of nitrogens with zero attached hydrogens (tertiary/aromatic N) is 1. The molecule has 2 aromatic carbocycles. The van der Waals surface area contributed by atoms with E-state index in [0.29, 0.717) is 6.54 Å². The number of halogens is 1. The van der Waals surface area contributed by atoms with Crippen LogP contribution in [0.2, 0.25) is 0 Å². The molecule has 0 unspecified atom stereocenters. The molecule has 1 aromatic heterocycles. The normalized spacial score (nSPS) is 10.8. The third kappa shape index (κ3) is 3.17. The van der Waals surface area contributed by atoms with Gasteiger partial charge in [-0.25, -0.2) is 9.37 Å². The molecular formula is C17H15FN2S. The summed E-state index contributed by atoms with van der Waals surface area (Å²) in [6, 6.07) is 16.7. The van der Waals surface area contributed by atoms with Crippen LogP contribution in [0.1, 0.15) is 15.4 Å². The van der Waals surface area contributed by atoms with Gasteiger partial charge in [-0.15, -0.1) is 11.3 Å². The number of thiazole rings is 1.